The first-order valence-corrected chi connectivity index (χ1v) is 10.9. The number of aryl methyl sites for hydroxylation is 1. The topological polar surface area (TPSA) is 82.1 Å². The Morgan fingerprint density at radius 2 is 1.84 bits per heavy atom. The molecule has 0 saturated carbocycles. The summed E-state index contributed by atoms with van der Waals surface area (Å²) in [5.41, 5.74) is 0.361. The predicted molar refractivity (Wildman–Crippen MR) is 119 cm³/mol. The zero-order valence-corrected chi connectivity index (χ0v) is 18.4. The van der Waals surface area contributed by atoms with E-state index in [-0.39, 0.29) is 12.3 Å². The number of fused-ring (bicyclic) bond motifs is 1. The van der Waals surface area contributed by atoms with Gasteiger partial charge in [-0.25, -0.2) is 9.78 Å². The number of carbonyl (C=O) groups excluding carboxylic acids is 1. The van der Waals surface area contributed by atoms with E-state index < -0.39 is 11.2 Å². The maximum Gasteiger partial charge on any atom is 0.332 e. The van der Waals surface area contributed by atoms with Gasteiger partial charge in [0, 0.05) is 25.7 Å². The Bertz CT molecular complexity index is 1220. The van der Waals surface area contributed by atoms with Gasteiger partial charge >= 0.3 is 5.69 Å². The van der Waals surface area contributed by atoms with Crippen molar-refractivity contribution in [2.45, 2.75) is 51.7 Å². The number of benzene rings is 1. The molecule has 0 aliphatic carbocycles. The highest BCUT2D eigenvalue weighted by molar-refractivity contribution is 5.96. The number of carbonyl (C=O) groups is 1. The molecule has 1 fully saturated rings. The molecule has 1 saturated heterocycles. The van der Waals surface area contributed by atoms with Crippen LogP contribution >= 0.6 is 0 Å². The molecule has 0 bridgehead atoms. The first kappa shape index (κ1) is 21.2. The molecular weight excluding hydrogens is 394 g/mol. The zero-order chi connectivity index (χ0) is 22.1. The highest BCUT2D eigenvalue weighted by atomic mass is 16.2. The number of hydrogen-bond acceptors (Lipinski definition) is 5. The van der Waals surface area contributed by atoms with Gasteiger partial charge in [0.1, 0.15) is 5.82 Å². The Morgan fingerprint density at radius 1 is 1.10 bits per heavy atom. The Balaban J connectivity index is 1.84. The minimum atomic E-state index is -0.427. The molecule has 4 rings (SSSR count). The standard InChI is InChI=1S/C23H29N5O3/c1-4-17-12-8-9-13-27(17)15-19-24-21-20(22(30)26(3)23(31)25(21)2)28(19)14-18(29)16-10-6-5-7-11-16/h5-7,10-11,17H,4,8-9,12-15H2,1-3H3. The molecule has 31 heavy (non-hydrogen) atoms. The summed E-state index contributed by atoms with van der Waals surface area (Å²) in [6.07, 6.45) is 4.52. The number of likely N-dealkylation sites (tertiary alicyclic amines) is 1. The third kappa shape index (κ3) is 3.87. The van der Waals surface area contributed by atoms with E-state index in [9.17, 15) is 14.4 Å². The molecule has 2 aromatic heterocycles. The fourth-order valence-corrected chi connectivity index (χ4v) is 4.55. The van der Waals surface area contributed by atoms with Crippen LogP contribution in [-0.4, -0.2) is 42.0 Å². The van der Waals surface area contributed by atoms with Crippen LogP contribution in [0.1, 0.15) is 48.8 Å². The summed E-state index contributed by atoms with van der Waals surface area (Å²) in [5.74, 6) is 0.556. The van der Waals surface area contributed by atoms with E-state index in [1.54, 1.807) is 23.7 Å². The number of aromatic nitrogens is 4. The van der Waals surface area contributed by atoms with Gasteiger partial charge in [0.2, 0.25) is 0 Å². The minimum Gasteiger partial charge on any atom is -0.313 e. The van der Waals surface area contributed by atoms with Crippen LogP contribution in [0.15, 0.2) is 39.9 Å². The van der Waals surface area contributed by atoms with E-state index in [0.29, 0.717) is 35.1 Å². The molecule has 3 aromatic rings. The normalized spacial score (nSPS) is 17.3. The smallest absolute Gasteiger partial charge is 0.313 e. The van der Waals surface area contributed by atoms with E-state index >= 15 is 0 Å². The molecule has 1 aliphatic heterocycles. The van der Waals surface area contributed by atoms with E-state index in [1.807, 2.05) is 18.2 Å². The van der Waals surface area contributed by atoms with Gasteiger partial charge in [-0.15, -0.1) is 0 Å². The molecule has 0 radical (unpaired) electrons. The highest BCUT2D eigenvalue weighted by Gasteiger charge is 2.26. The molecule has 1 atom stereocenters. The number of Topliss-reactive ketones (excluding diaryl/α,β-unsaturated/α-hetero) is 1. The second-order valence-corrected chi connectivity index (χ2v) is 8.31. The molecule has 3 heterocycles. The van der Waals surface area contributed by atoms with Gasteiger partial charge in [0.05, 0.1) is 13.1 Å². The summed E-state index contributed by atoms with van der Waals surface area (Å²) in [5, 5.41) is 0. The lowest BCUT2D eigenvalue weighted by Gasteiger charge is -2.34. The first-order valence-electron chi connectivity index (χ1n) is 10.9. The lowest BCUT2D eigenvalue weighted by molar-refractivity contribution is 0.0967. The van der Waals surface area contributed by atoms with Crippen molar-refractivity contribution in [2.24, 2.45) is 14.1 Å². The molecule has 1 aliphatic rings. The summed E-state index contributed by atoms with van der Waals surface area (Å²) >= 11 is 0. The maximum absolute atomic E-state index is 13.0. The lowest BCUT2D eigenvalue weighted by Crippen LogP contribution is -2.39. The van der Waals surface area contributed by atoms with Crippen LogP contribution in [0.4, 0.5) is 0 Å². The third-order valence-electron chi connectivity index (χ3n) is 6.39. The average molecular weight is 424 g/mol. The van der Waals surface area contributed by atoms with Crippen LogP contribution in [0.3, 0.4) is 0 Å². The van der Waals surface area contributed by atoms with Gasteiger partial charge in [0.25, 0.3) is 5.56 Å². The lowest BCUT2D eigenvalue weighted by atomic mass is 10.00. The zero-order valence-electron chi connectivity index (χ0n) is 18.4. The van der Waals surface area contributed by atoms with Gasteiger partial charge in [-0.3, -0.25) is 23.6 Å². The number of imidazole rings is 1. The number of nitrogens with zero attached hydrogens (tertiary/aromatic N) is 5. The second kappa shape index (κ2) is 8.63. The van der Waals surface area contributed by atoms with Gasteiger partial charge in [0.15, 0.2) is 16.9 Å². The monoisotopic (exact) mass is 423 g/mol. The summed E-state index contributed by atoms with van der Waals surface area (Å²) in [7, 11) is 3.07. The van der Waals surface area contributed by atoms with E-state index in [2.05, 4.69) is 11.8 Å². The van der Waals surface area contributed by atoms with Crippen LogP contribution in [0.2, 0.25) is 0 Å². The van der Waals surface area contributed by atoms with Crippen molar-refractivity contribution in [1.29, 1.82) is 0 Å². The Kier molecular flexibility index (Phi) is 5.91. The average Bonchev–Trinajstić information content (AvgIpc) is 3.15. The fraction of sp³-hybridized carbons (Fsp3) is 0.478. The quantitative estimate of drug-likeness (QED) is 0.567. The van der Waals surface area contributed by atoms with E-state index in [0.717, 1.165) is 30.4 Å². The Morgan fingerprint density at radius 3 is 2.55 bits per heavy atom. The van der Waals surface area contributed by atoms with Crippen LogP contribution in [0.25, 0.3) is 11.2 Å². The first-order chi connectivity index (χ1) is 14.9. The molecule has 164 valence electrons. The van der Waals surface area contributed by atoms with Crippen molar-refractivity contribution in [3.8, 4) is 0 Å². The molecule has 0 amide bonds. The number of piperidine rings is 1. The van der Waals surface area contributed by atoms with Crippen molar-refractivity contribution in [3.63, 3.8) is 0 Å². The Hall–Kier alpha value is -3.00. The van der Waals surface area contributed by atoms with Gasteiger partial charge < -0.3 is 4.57 Å². The highest BCUT2D eigenvalue weighted by Crippen LogP contribution is 2.23. The van der Waals surface area contributed by atoms with Gasteiger partial charge in [-0.1, -0.05) is 43.7 Å². The molecule has 0 N–H and O–H groups in total. The van der Waals surface area contributed by atoms with Crippen LogP contribution < -0.4 is 11.2 Å². The molecule has 1 unspecified atom stereocenters. The van der Waals surface area contributed by atoms with Crippen molar-refractivity contribution < 1.29 is 4.79 Å². The van der Waals surface area contributed by atoms with Crippen LogP contribution in [0, 0.1) is 0 Å². The molecule has 1 aromatic carbocycles. The number of ketones is 1. The Labute approximate surface area is 180 Å². The van der Waals surface area contributed by atoms with E-state index in [1.165, 1.54) is 18.0 Å². The summed E-state index contributed by atoms with van der Waals surface area (Å²) in [6.45, 7) is 3.70. The molecule has 8 nitrogen and oxygen atoms in total. The largest absolute Gasteiger partial charge is 0.332 e. The molecule has 8 heteroatoms. The second-order valence-electron chi connectivity index (χ2n) is 8.31. The summed E-state index contributed by atoms with van der Waals surface area (Å²) < 4.78 is 4.18. The number of rotatable bonds is 6. The van der Waals surface area contributed by atoms with Gasteiger partial charge in [-0.05, 0) is 25.8 Å². The summed E-state index contributed by atoms with van der Waals surface area (Å²) in [6, 6.07) is 9.50. The molecule has 0 spiro atoms. The van der Waals surface area contributed by atoms with E-state index in [4.69, 9.17) is 4.98 Å². The maximum atomic E-state index is 13.0. The van der Waals surface area contributed by atoms with Crippen molar-refractivity contribution in [1.82, 2.24) is 23.6 Å². The SMILES string of the molecule is CCC1CCCCN1Cc1nc2c(c(=O)n(C)c(=O)n2C)n1CC(=O)c1ccccc1. The minimum absolute atomic E-state index is 0.00786. The number of hydrogen-bond donors (Lipinski definition) is 0. The van der Waals surface area contributed by atoms with Gasteiger partial charge in [-0.2, -0.15) is 0 Å². The third-order valence-corrected chi connectivity index (χ3v) is 6.39. The van der Waals surface area contributed by atoms with Crippen LogP contribution in [0.5, 0.6) is 0 Å². The predicted octanol–water partition coefficient (Wildman–Crippen LogP) is 2.08. The summed E-state index contributed by atoms with van der Waals surface area (Å²) in [4.78, 5) is 45.6. The van der Waals surface area contributed by atoms with Crippen LogP contribution in [-0.2, 0) is 27.2 Å². The van der Waals surface area contributed by atoms with Crippen molar-refractivity contribution >= 4 is 16.9 Å². The fourth-order valence-electron chi connectivity index (χ4n) is 4.55. The van der Waals surface area contributed by atoms with Crippen molar-refractivity contribution in [3.05, 3.63) is 62.6 Å². The molecular formula is C23H29N5O3. The van der Waals surface area contributed by atoms with Crippen molar-refractivity contribution in [2.75, 3.05) is 6.54 Å².